The molecule has 0 bridgehead atoms. The normalized spacial score (nSPS) is 20.2. The van der Waals surface area contributed by atoms with Crippen LogP contribution in [0.5, 0.6) is 5.75 Å². The molecule has 3 aliphatic rings. The number of rotatable bonds is 7. The number of carbonyl (C=O) groups excluding carboxylic acids is 4. The molecule has 3 aliphatic heterocycles. The summed E-state index contributed by atoms with van der Waals surface area (Å²) in [5.41, 5.74) is 3.22. The van der Waals surface area contributed by atoms with Crippen LogP contribution < -0.4 is 10.1 Å². The van der Waals surface area contributed by atoms with Crippen LogP contribution in [0.3, 0.4) is 0 Å². The summed E-state index contributed by atoms with van der Waals surface area (Å²) in [4.78, 5) is 53.4. The smallest absolute Gasteiger partial charge is 0.322 e. The van der Waals surface area contributed by atoms with Crippen molar-refractivity contribution in [1.82, 2.24) is 20.0 Å². The van der Waals surface area contributed by atoms with Gasteiger partial charge in [0, 0.05) is 57.2 Å². The number of piperazine rings is 1. The van der Waals surface area contributed by atoms with Crippen LogP contribution in [-0.2, 0) is 34.1 Å². The lowest BCUT2D eigenvalue weighted by Crippen LogP contribution is -2.52. The van der Waals surface area contributed by atoms with Gasteiger partial charge in [-0.2, -0.15) is 8.78 Å². The molecule has 3 heterocycles. The molecule has 206 valence electrons. The van der Waals surface area contributed by atoms with Gasteiger partial charge in [-0.1, -0.05) is 30.3 Å². The molecule has 0 saturated carbocycles. The Labute approximate surface area is 224 Å². The molecule has 1 unspecified atom stereocenters. The topological polar surface area (TPSA) is 99.3 Å². The molecule has 0 aromatic heterocycles. The Hall–Kier alpha value is -3.86. The van der Waals surface area contributed by atoms with Gasteiger partial charge in [-0.3, -0.25) is 29.4 Å². The lowest BCUT2D eigenvalue weighted by molar-refractivity contribution is -0.156. The number of halogens is 2. The first-order valence-electron chi connectivity index (χ1n) is 13.0. The molecule has 2 fully saturated rings. The zero-order chi connectivity index (χ0) is 27.7. The summed E-state index contributed by atoms with van der Waals surface area (Å²) in [6.45, 7) is 3.42. The van der Waals surface area contributed by atoms with Crippen molar-refractivity contribution in [2.75, 3.05) is 26.2 Å². The Morgan fingerprint density at radius 1 is 1.03 bits per heavy atom. The fourth-order valence-corrected chi connectivity index (χ4v) is 5.24. The third-order valence-corrected chi connectivity index (χ3v) is 7.40. The maximum absolute atomic E-state index is 13.3. The lowest BCUT2D eigenvalue weighted by atomic mass is 10.0. The predicted octanol–water partition coefficient (Wildman–Crippen LogP) is 2.33. The number of carbonyl (C=O) groups is 4. The highest BCUT2D eigenvalue weighted by molar-refractivity contribution is 6.05. The third kappa shape index (κ3) is 5.78. The number of nitrogens with one attached hydrogen (secondary N) is 1. The van der Waals surface area contributed by atoms with Crippen molar-refractivity contribution >= 4 is 23.6 Å². The summed E-state index contributed by atoms with van der Waals surface area (Å²) in [5, 5.41) is 2.31. The van der Waals surface area contributed by atoms with Gasteiger partial charge in [0.15, 0.2) is 0 Å². The van der Waals surface area contributed by atoms with E-state index in [2.05, 4.69) is 10.2 Å². The zero-order valence-corrected chi connectivity index (χ0v) is 21.6. The first-order valence-corrected chi connectivity index (χ1v) is 13.0. The molecule has 2 aromatic carbocycles. The second kappa shape index (κ2) is 10.7. The minimum Gasteiger partial charge on any atom is -0.489 e. The summed E-state index contributed by atoms with van der Waals surface area (Å²) in [5.74, 6) is -4.92. The van der Waals surface area contributed by atoms with Gasteiger partial charge in [-0.25, -0.2) is 0 Å². The van der Waals surface area contributed by atoms with E-state index in [-0.39, 0.29) is 44.5 Å². The summed E-state index contributed by atoms with van der Waals surface area (Å²) < 4.78 is 32.7. The van der Waals surface area contributed by atoms with Gasteiger partial charge in [-0.05, 0) is 29.7 Å². The summed E-state index contributed by atoms with van der Waals surface area (Å²) in [6, 6.07) is 12.5. The standard InChI is InChI=1S/C28H30F2N4O5/c1-28(29,30)27(38)33-13-11-32(12-14-33)15-18-5-7-19(8-6-18)17-39-23-4-2-3-20-21(23)16-34(26(20)37)22-9-10-24(35)31-25(22)36/h2-8,22H,9-17H2,1H3,(H,31,35,36). The number of ether oxygens (including phenoxy) is 1. The molecule has 5 rings (SSSR count). The first kappa shape index (κ1) is 26.7. The molecule has 9 nitrogen and oxygen atoms in total. The number of amides is 4. The van der Waals surface area contributed by atoms with Gasteiger partial charge >= 0.3 is 5.92 Å². The van der Waals surface area contributed by atoms with Crippen LogP contribution >= 0.6 is 0 Å². The number of nitrogens with zero attached hydrogens (tertiary/aromatic N) is 3. The minimum absolute atomic E-state index is 0.198. The Morgan fingerprint density at radius 2 is 1.72 bits per heavy atom. The monoisotopic (exact) mass is 540 g/mol. The molecule has 1 atom stereocenters. The van der Waals surface area contributed by atoms with Crippen LogP contribution in [-0.4, -0.2) is 76.5 Å². The zero-order valence-electron chi connectivity index (χ0n) is 21.6. The Kier molecular flexibility index (Phi) is 7.35. The maximum atomic E-state index is 13.3. The molecule has 1 N–H and O–H groups in total. The highest BCUT2D eigenvalue weighted by Crippen LogP contribution is 2.34. The highest BCUT2D eigenvalue weighted by Gasteiger charge is 2.40. The van der Waals surface area contributed by atoms with Crippen molar-refractivity contribution in [1.29, 1.82) is 0 Å². The van der Waals surface area contributed by atoms with Crippen molar-refractivity contribution in [2.24, 2.45) is 0 Å². The number of fused-ring (bicyclic) bond motifs is 1. The Bertz CT molecular complexity index is 1290. The number of piperidine rings is 1. The van der Waals surface area contributed by atoms with E-state index in [9.17, 15) is 28.0 Å². The van der Waals surface area contributed by atoms with Crippen molar-refractivity contribution in [3.05, 3.63) is 64.7 Å². The predicted molar refractivity (Wildman–Crippen MR) is 136 cm³/mol. The summed E-state index contributed by atoms with van der Waals surface area (Å²) >= 11 is 0. The van der Waals surface area contributed by atoms with Gasteiger partial charge in [0.1, 0.15) is 18.4 Å². The maximum Gasteiger partial charge on any atom is 0.322 e. The highest BCUT2D eigenvalue weighted by atomic mass is 19.3. The molecule has 0 aliphatic carbocycles. The molecule has 2 aromatic rings. The largest absolute Gasteiger partial charge is 0.489 e. The Balaban J connectivity index is 1.15. The van der Waals surface area contributed by atoms with Crippen LogP contribution in [0.1, 0.15) is 46.8 Å². The number of hydrogen-bond acceptors (Lipinski definition) is 6. The second-order valence-electron chi connectivity index (χ2n) is 10.2. The molecular formula is C28H30F2N4O5. The van der Waals surface area contributed by atoms with E-state index in [4.69, 9.17) is 4.74 Å². The lowest BCUT2D eigenvalue weighted by Gasteiger charge is -2.35. The van der Waals surface area contributed by atoms with Crippen molar-refractivity contribution in [2.45, 2.75) is 51.4 Å². The van der Waals surface area contributed by atoms with Crippen LogP contribution in [0.2, 0.25) is 0 Å². The van der Waals surface area contributed by atoms with Crippen molar-refractivity contribution in [3.8, 4) is 5.75 Å². The first-order chi connectivity index (χ1) is 18.6. The van der Waals surface area contributed by atoms with Crippen LogP contribution in [0.15, 0.2) is 42.5 Å². The van der Waals surface area contributed by atoms with E-state index in [1.807, 2.05) is 24.3 Å². The molecule has 4 amide bonds. The fraction of sp³-hybridized carbons (Fsp3) is 0.429. The van der Waals surface area contributed by atoms with Crippen molar-refractivity contribution < 1.29 is 32.7 Å². The molecule has 11 heteroatoms. The summed E-state index contributed by atoms with van der Waals surface area (Å²) in [7, 11) is 0. The molecule has 39 heavy (non-hydrogen) atoms. The van der Waals surface area contributed by atoms with E-state index in [0.29, 0.717) is 44.3 Å². The number of imide groups is 1. The van der Waals surface area contributed by atoms with Gasteiger partial charge in [0.2, 0.25) is 11.8 Å². The quantitative estimate of drug-likeness (QED) is 0.542. The van der Waals surface area contributed by atoms with Gasteiger partial charge in [0.25, 0.3) is 11.8 Å². The second-order valence-corrected chi connectivity index (χ2v) is 10.2. The molecule has 0 spiro atoms. The molecule has 0 radical (unpaired) electrons. The summed E-state index contributed by atoms with van der Waals surface area (Å²) in [6.07, 6.45) is 0.499. The number of alkyl halides is 2. The number of hydrogen-bond donors (Lipinski definition) is 1. The average molecular weight is 541 g/mol. The van der Waals surface area contributed by atoms with E-state index >= 15 is 0 Å². The minimum atomic E-state index is -3.34. The fourth-order valence-electron chi connectivity index (χ4n) is 5.24. The van der Waals surface area contributed by atoms with Crippen LogP contribution in [0.4, 0.5) is 8.78 Å². The van der Waals surface area contributed by atoms with Gasteiger partial charge in [-0.15, -0.1) is 0 Å². The van der Waals surface area contributed by atoms with E-state index in [1.165, 1.54) is 9.80 Å². The number of benzene rings is 2. The van der Waals surface area contributed by atoms with Gasteiger partial charge < -0.3 is 14.5 Å². The molecular weight excluding hydrogens is 510 g/mol. The van der Waals surface area contributed by atoms with E-state index < -0.39 is 23.8 Å². The van der Waals surface area contributed by atoms with E-state index in [1.54, 1.807) is 18.2 Å². The Morgan fingerprint density at radius 3 is 2.38 bits per heavy atom. The van der Waals surface area contributed by atoms with Crippen LogP contribution in [0.25, 0.3) is 0 Å². The molecule has 2 saturated heterocycles. The SMILES string of the molecule is CC(F)(F)C(=O)N1CCN(Cc2ccc(COc3cccc4c3CN(C3CCC(=O)NC3=O)C4=O)cc2)CC1. The van der Waals surface area contributed by atoms with Gasteiger partial charge in [0.05, 0.1) is 6.54 Å². The van der Waals surface area contributed by atoms with E-state index in [0.717, 1.165) is 16.7 Å². The van der Waals surface area contributed by atoms with Crippen molar-refractivity contribution in [3.63, 3.8) is 0 Å². The third-order valence-electron chi connectivity index (χ3n) is 7.40. The average Bonchev–Trinajstić information content (AvgIpc) is 3.24. The van der Waals surface area contributed by atoms with Crippen LogP contribution in [0, 0.1) is 0 Å².